The fourth-order valence-corrected chi connectivity index (χ4v) is 5.15. The third-order valence-corrected chi connectivity index (χ3v) is 7.32. The average Bonchev–Trinajstić information content (AvgIpc) is 3.27. The maximum atomic E-state index is 12.7. The summed E-state index contributed by atoms with van der Waals surface area (Å²) in [6, 6.07) is 14.5. The molecule has 170 valence electrons. The molecule has 2 heterocycles. The number of fused-ring (bicyclic) bond motifs is 1. The Morgan fingerprint density at radius 1 is 1.12 bits per heavy atom. The Bertz CT molecular complexity index is 1310. The first-order chi connectivity index (χ1) is 15.9. The molecule has 1 aliphatic heterocycles. The standard InChI is InChI=1S/C23H22N4O5S/c24-14-18(22-25-19-6-2-3-7-20(19)26-22)21(28)15-32-23(29)16-8-10-17(11-9-16)33(30,31)27-12-4-1-5-13-27/h2-3,6-11,28H,1,4-5,12-13,15H2,(H,25,26). The molecule has 3 aromatic rings. The van der Waals surface area contributed by atoms with Crippen LogP contribution >= 0.6 is 0 Å². The van der Waals surface area contributed by atoms with Crippen LogP contribution in [0, 0.1) is 11.3 Å². The summed E-state index contributed by atoms with van der Waals surface area (Å²) in [5, 5.41) is 19.8. The second-order valence-corrected chi connectivity index (χ2v) is 9.54. The van der Waals surface area contributed by atoms with Crippen LogP contribution in [0.15, 0.2) is 59.2 Å². The topological polar surface area (TPSA) is 136 Å². The zero-order valence-electron chi connectivity index (χ0n) is 17.7. The van der Waals surface area contributed by atoms with Gasteiger partial charge in [0.05, 0.1) is 21.5 Å². The maximum Gasteiger partial charge on any atom is 0.338 e. The quantitative estimate of drug-likeness (QED) is 0.323. The van der Waals surface area contributed by atoms with Crippen LogP contribution in [0.25, 0.3) is 16.6 Å². The molecule has 0 atom stereocenters. The summed E-state index contributed by atoms with van der Waals surface area (Å²) in [5.74, 6) is -1.04. The molecule has 1 fully saturated rings. The number of hydrogen-bond donors (Lipinski definition) is 2. The number of esters is 1. The van der Waals surface area contributed by atoms with Gasteiger partial charge in [0.2, 0.25) is 10.0 Å². The van der Waals surface area contributed by atoms with Crippen molar-refractivity contribution in [3.05, 3.63) is 65.7 Å². The number of aromatic nitrogens is 2. The molecule has 2 N–H and O–H groups in total. The number of aliphatic hydroxyl groups is 1. The number of nitriles is 1. The predicted molar refractivity (Wildman–Crippen MR) is 121 cm³/mol. The largest absolute Gasteiger partial charge is 0.507 e. The van der Waals surface area contributed by atoms with Gasteiger partial charge < -0.3 is 14.8 Å². The number of benzene rings is 2. The summed E-state index contributed by atoms with van der Waals surface area (Å²) in [6.07, 6.45) is 2.68. The van der Waals surface area contributed by atoms with Crippen LogP contribution in [0.3, 0.4) is 0 Å². The molecule has 9 nitrogen and oxygen atoms in total. The summed E-state index contributed by atoms with van der Waals surface area (Å²) in [4.78, 5) is 19.7. The fourth-order valence-electron chi connectivity index (χ4n) is 3.63. The maximum absolute atomic E-state index is 12.7. The predicted octanol–water partition coefficient (Wildman–Crippen LogP) is 3.39. The Morgan fingerprint density at radius 2 is 1.82 bits per heavy atom. The van der Waals surface area contributed by atoms with Crippen LogP contribution in [-0.4, -0.2) is 53.5 Å². The number of para-hydroxylation sites is 2. The number of carbonyl (C=O) groups is 1. The van der Waals surface area contributed by atoms with Crippen molar-refractivity contribution in [2.75, 3.05) is 19.7 Å². The number of imidazole rings is 1. The van der Waals surface area contributed by atoms with Gasteiger partial charge in [0.25, 0.3) is 0 Å². The number of hydrogen-bond acceptors (Lipinski definition) is 7. The minimum atomic E-state index is -3.60. The van der Waals surface area contributed by atoms with Crippen LogP contribution < -0.4 is 0 Å². The Kier molecular flexibility index (Phi) is 6.44. The van der Waals surface area contributed by atoms with E-state index in [4.69, 9.17) is 4.74 Å². The highest BCUT2D eigenvalue weighted by Crippen LogP contribution is 2.22. The van der Waals surface area contributed by atoms with Gasteiger partial charge in [-0.15, -0.1) is 0 Å². The van der Waals surface area contributed by atoms with E-state index in [2.05, 4.69) is 9.97 Å². The van der Waals surface area contributed by atoms with Gasteiger partial charge in [-0.1, -0.05) is 18.6 Å². The Hall–Kier alpha value is -3.68. The monoisotopic (exact) mass is 466 g/mol. The van der Waals surface area contributed by atoms with Crippen molar-refractivity contribution in [1.82, 2.24) is 14.3 Å². The highest BCUT2D eigenvalue weighted by Gasteiger charge is 2.26. The van der Waals surface area contributed by atoms with E-state index in [0.29, 0.717) is 24.1 Å². The highest BCUT2D eigenvalue weighted by atomic mass is 32.2. The van der Waals surface area contributed by atoms with Gasteiger partial charge >= 0.3 is 5.97 Å². The van der Waals surface area contributed by atoms with E-state index in [0.717, 1.165) is 19.3 Å². The number of nitrogens with one attached hydrogen (secondary N) is 1. The van der Waals surface area contributed by atoms with E-state index in [1.165, 1.54) is 28.6 Å². The highest BCUT2D eigenvalue weighted by molar-refractivity contribution is 7.89. The van der Waals surface area contributed by atoms with E-state index in [-0.39, 0.29) is 21.9 Å². The molecule has 10 heteroatoms. The van der Waals surface area contributed by atoms with E-state index in [9.17, 15) is 23.6 Å². The van der Waals surface area contributed by atoms with E-state index in [1.54, 1.807) is 18.2 Å². The van der Waals surface area contributed by atoms with Crippen molar-refractivity contribution in [3.63, 3.8) is 0 Å². The van der Waals surface area contributed by atoms with E-state index < -0.39 is 28.4 Å². The van der Waals surface area contributed by atoms with E-state index in [1.807, 2.05) is 12.1 Å². The Morgan fingerprint density at radius 3 is 2.48 bits per heavy atom. The number of piperidine rings is 1. The first-order valence-corrected chi connectivity index (χ1v) is 11.9. The molecular weight excluding hydrogens is 444 g/mol. The molecule has 0 saturated carbocycles. The zero-order valence-corrected chi connectivity index (χ0v) is 18.5. The van der Waals surface area contributed by atoms with Crippen molar-refractivity contribution < 1.29 is 23.1 Å². The third kappa shape index (κ3) is 4.74. The number of sulfonamides is 1. The number of aliphatic hydroxyl groups excluding tert-OH is 1. The molecule has 0 amide bonds. The molecule has 1 aromatic heterocycles. The molecule has 0 spiro atoms. The number of nitrogens with zero attached hydrogens (tertiary/aromatic N) is 3. The van der Waals surface area contributed by atoms with Crippen LogP contribution in [0.5, 0.6) is 0 Å². The summed E-state index contributed by atoms with van der Waals surface area (Å²) in [5.41, 5.74) is 1.32. The van der Waals surface area contributed by atoms with Gasteiger partial charge in [0.1, 0.15) is 18.2 Å². The number of rotatable bonds is 6. The number of H-pyrrole nitrogens is 1. The molecule has 2 aromatic carbocycles. The molecule has 0 radical (unpaired) electrons. The Balaban J connectivity index is 1.45. The normalized spacial score (nSPS) is 15.6. The molecule has 0 unspecified atom stereocenters. The van der Waals surface area contributed by atoms with Gasteiger partial charge in [-0.05, 0) is 49.2 Å². The molecular formula is C23H22N4O5S. The lowest BCUT2D eigenvalue weighted by molar-refractivity contribution is 0.0502. The van der Waals surface area contributed by atoms with Gasteiger partial charge in [0.15, 0.2) is 11.6 Å². The number of carbonyl (C=O) groups excluding carboxylic acids is 1. The number of ether oxygens (including phenoxy) is 1. The van der Waals surface area contributed by atoms with Gasteiger partial charge in [-0.25, -0.2) is 18.2 Å². The molecule has 33 heavy (non-hydrogen) atoms. The second kappa shape index (κ2) is 9.44. The zero-order chi connectivity index (χ0) is 23.4. The molecule has 1 aliphatic rings. The lowest BCUT2D eigenvalue weighted by Crippen LogP contribution is -2.35. The minimum Gasteiger partial charge on any atom is -0.507 e. The van der Waals surface area contributed by atoms with Crippen molar-refractivity contribution in [2.24, 2.45) is 0 Å². The van der Waals surface area contributed by atoms with Crippen LogP contribution in [0.4, 0.5) is 0 Å². The molecule has 1 saturated heterocycles. The summed E-state index contributed by atoms with van der Waals surface area (Å²) in [7, 11) is -3.60. The minimum absolute atomic E-state index is 0.111. The Labute approximate surface area is 191 Å². The van der Waals surface area contributed by atoms with Gasteiger partial charge in [0, 0.05) is 13.1 Å². The molecule has 4 rings (SSSR count). The van der Waals surface area contributed by atoms with Crippen molar-refractivity contribution in [2.45, 2.75) is 24.2 Å². The van der Waals surface area contributed by atoms with E-state index >= 15 is 0 Å². The number of aromatic amines is 1. The first kappa shape index (κ1) is 22.5. The second-order valence-electron chi connectivity index (χ2n) is 7.60. The smallest absolute Gasteiger partial charge is 0.338 e. The summed E-state index contributed by atoms with van der Waals surface area (Å²) >= 11 is 0. The lowest BCUT2D eigenvalue weighted by Gasteiger charge is -2.25. The van der Waals surface area contributed by atoms with Gasteiger partial charge in [-0.2, -0.15) is 9.57 Å². The van der Waals surface area contributed by atoms with Crippen LogP contribution in [0.1, 0.15) is 35.4 Å². The van der Waals surface area contributed by atoms with Crippen molar-refractivity contribution in [1.29, 1.82) is 5.26 Å². The summed E-state index contributed by atoms with van der Waals surface area (Å²) in [6.45, 7) is 0.445. The van der Waals surface area contributed by atoms with Crippen molar-refractivity contribution in [3.8, 4) is 6.07 Å². The van der Waals surface area contributed by atoms with Gasteiger partial charge in [-0.3, -0.25) is 0 Å². The van der Waals surface area contributed by atoms with Crippen molar-refractivity contribution >= 4 is 32.6 Å². The summed E-state index contributed by atoms with van der Waals surface area (Å²) < 4.78 is 32.0. The SMILES string of the molecule is N#CC(=C(O)COC(=O)c1ccc(S(=O)(=O)N2CCCCC2)cc1)c1nc2ccccc2[nH]1. The van der Waals surface area contributed by atoms with Crippen LogP contribution in [0.2, 0.25) is 0 Å². The average molecular weight is 467 g/mol. The lowest BCUT2D eigenvalue weighted by atomic mass is 10.2. The molecule has 0 aliphatic carbocycles. The third-order valence-electron chi connectivity index (χ3n) is 5.41. The fraction of sp³-hybridized carbons (Fsp3) is 0.261. The molecule has 0 bridgehead atoms. The number of allylic oxidation sites excluding steroid dienone is 1. The first-order valence-electron chi connectivity index (χ1n) is 10.4. The van der Waals surface area contributed by atoms with Crippen LogP contribution in [-0.2, 0) is 14.8 Å².